The van der Waals surface area contributed by atoms with Gasteiger partial charge in [0, 0.05) is 13.7 Å². The third-order valence-corrected chi connectivity index (χ3v) is 4.03. The Morgan fingerprint density at radius 3 is 3.00 bits per heavy atom. The maximum atomic E-state index is 11.9. The minimum atomic E-state index is -0.153. The summed E-state index contributed by atoms with van der Waals surface area (Å²) in [6, 6.07) is 1.99. The molecule has 0 fully saturated rings. The Kier molecular flexibility index (Phi) is 4.40. The summed E-state index contributed by atoms with van der Waals surface area (Å²) in [7, 11) is 1.63. The van der Waals surface area contributed by atoms with E-state index in [0.717, 1.165) is 17.1 Å². The van der Waals surface area contributed by atoms with Crippen molar-refractivity contribution >= 4 is 28.8 Å². The predicted octanol–water partition coefficient (Wildman–Crippen LogP) is 2.03. The second-order valence-electron chi connectivity index (χ2n) is 3.68. The molecule has 0 unspecified atom stereocenters. The SMILES string of the molecule is CO[C@@H](CNC(=O)c1snnc1C)c1ccsc1. The van der Waals surface area contributed by atoms with Gasteiger partial charge in [0.25, 0.3) is 5.91 Å². The van der Waals surface area contributed by atoms with Crippen molar-refractivity contribution in [2.24, 2.45) is 0 Å². The van der Waals surface area contributed by atoms with Gasteiger partial charge in [0.2, 0.25) is 0 Å². The summed E-state index contributed by atoms with van der Waals surface area (Å²) in [6.07, 6.45) is -0.124. The number of carbonyl (C=O) groups is 1. The molecule has 1 N–H and O–H groups in total. The van der Waals surface area contributed by atoms with Crippen molar-refractivity contribution in [1.82, 2.24) is 14.9 Å². The van der Waals surface area contributed by atoms with E-state index < -0.39 is 0 Å². The topological polar surface area (TPSA) is 64.1 Å². The lowest BCUT2D eigenvalue weighted by Gasteiger charge is -2.14. The van der Waals surface area contributed by atoms with Crippen molar-refractivity contribution in [3.63, 3.8) is 0 Å². The van der Waals surface area contributed by atoms with E-state index in [1.165, 1.54) is 0 Å². The molecule has 0 saturated carbocycles. The largest absolute Gasteiger partial charge is 0.375 e. The Bertz CT molecular complexity index is 510. The van der Waals surface area contributed by atoms with Gasteiger partial charge in [-0.3, -0.25) is 4.79 Å². The van der Waals surface area contributed by atoms with Crippen molar-refractivity contribution in [1.29, 1.82) is 0 Å². The molecule has 2 aromatic heterocycles. The van der Waals surface area contributed by atoms with E-state index in [9.17, 15) is 4.79 Å². The van der Waals surface area contributed by atoms with Crippen molar-refractivity contribution < 1.29 is 9.53 Å². The maximum Gasteiger partial charge on any atom is 0.265 e. The van der Waals surface area contributed by atoms with E-state index in [4.69, 9.17) is 4.74 Å². The summed E-state index contributed by atoms with van der Waals surface area (Å²) in [4.78, 5) is 12.4. The number of ether oxygens (including phenoxy) is 1. The van der Waals surface area contributed by atoms with Gasteiger partial charge in [-0.15, -0.1) is 5.10 Å². The van der Waals surface area contributed by atoms with Crippen LogP contribution in [0.2, 0.25) is 0 Å². The Labute approximate surface area is 113 Å². The summed E-state index contributed by atoms with van der Waals surface area (Å²) in [5, 5.41) is 10.6. The van der Waals surface area contributed by atoms with Crippen LogP contribution in [-0.4, -0.2) is 29.1 Å². The summed E-state index contributed by atoms with van der Waals surface area (Å²) < 4.78 is 9.10. The molecule has 0 bridgehead atoms. The lowest BCUT2D eigenvalue weighted by atomic mass is 10.2. The number of thiophene rings is 1. The quantitative estimate of drug-likeness (QED) is 0.912. The number of hydrogen-bond donors (Lipinski definition) is 1. The molecule has 2 heterocycles. The Hall–Kier alpha value is -1.31. The molecular formula is C11H13N3O2S2. The van der Waals surface area contributed by atoms with Gasteiger partial charge in [0.05, 0.1) is 5.69 Å². The van der Waals surface area contributed by atoms with Crippen LogP contribution in [0.15, 0.2) is 16.8 Å². The average molecular weight is 283 g/mol. The van der Waals surface area contributed by atoms with Crippen molar-refractivity contribution in [2.75, 3.05) is 13.7 Å². The van der Waals surface area contributed by atoms with Crippen LogP contribution in [0.3, 0.4) is 0 Å². The minimum Gasteiger partial charge on any atom is -0.375 e. The summed E-state index contributed by atoms with van der Waals surface area (Å²) in [5.41, 5.74) is 1.73. The molecule has 0 aliphatic heterocycles. The van der Waals surface area contributed by atoms with Crippen LogP contribution in [-0.2, 0) is 4.74 Å². The Morgan fingerprint density at radius 1 is 1.61 bits per heavy atom. The van der Waals surface area contributed by atoms with Crippen molar-refractivity contribution in [3.8, 4) is 0 Å². The molecule has 7 heteroatoms. The molecule has 0 saturated heterocycles. The Balaban J connectivity index is 1.95. The highest BCUT2D eigenvalue weighted by Crippen LogP contribution is 2.19. The minimum absolute atomic E-state index is 0.124. The standard InChI is InChI=1S/C11H13N3O2S2/c1-7-10(18-14-13-7)11(15)12-5-9(16-2)8-3-4-17-6-8/h3-4,6,9H,5H2,1-2H3,(H,12,15)/t9-/m0/s1. The van der Waals surface area contributed by atoms with E-state index in [-0.39, 0.29) is 12.0 Å². The molecule has 5 nitrogen and oxygen atoms in total. The fourth-order valence-corrected chi connectivity index (χ4v) is 2.78. The maximum absolute atomic E-state index is 11.9. The first-order valence-electron chi connectivity index (χ1n) is 5.34. The van der Waals surface area contributed by atoms with Crippen LogP contribution in [0.1, 0.15) is 27.0 Å². The first-order valence-corrected chi connectivity index (χ1v) is 7.06. The number of aryl methyl sites for hydroxylation is 1. The van der Waals surface area contributed by atoms with Crippen LogP contribution in [0, 0.1) is 6.92 Å². The molecule has 18 heavy (non-hydrogen) atoms. The first-order chi connectivity index (χ1) is 8.72. The molecule has 0 spiro atoms. The zero-order valence-electron chi connectivity index (χ0n) is 10.0. The molecule has 2 aromatic rings. The van der Waals surface area contributed by atoms with Crippen LogP contribution in [0.4, 0.5) is 0 Å². The van der Waals surface area contributed by atoms with E-state index in [1.807, 2.05) is 16.8 Å². The zero-order valence-corrected chi connectivity index (χ0v) is 11.7. The van der Waals surface area contributed by atoms with Crippen LogP contribution in [0.25, 0.3) is 0 Å². The molecule has 0 aliphatic rings. The third kappa shape index (κ3) is 2.92. The van der Waals surface area contributed by atoms with E-state index in [1.54, 1.807) is 25.4 Å². The molecule has 1 amide bonds. The first kappa shape index (κ1) is 13.1. The normalized spacial score (nSPS) is 12.3. The summed E-state index contributed by atoms with van der Waals surface area (Å²) in [5.74, 6) is -0.153. The summed E-state index contributed by atoms with van der Waals surface area (Å²) in [6.45, 7) is 2.20. The number of hydrogen-bond acceptors (Lipinski definition) is 6. The number of nitrogens with one attached hydrogen (secondary N) is 1. The van der Waals surface area contributed by atoms with Gasteiger partial charge in [-0.05, 0) is 40.8 Å². The van der Waals surface area contributed by atoms with Crippen LogP contribution in [0.5, 0.6) is 0 Å². The second-order valence-corrected chi connectivity index (χ2v) is 5.21. The van der Waals surface area contributed by atoms with Gasteiger partial charge >= 0.3 is 0 Å². The highest BCUT2D eigenvalue weighted by Gasteiger charge is 2.16. The monoisotopic (exact) mass is 283 g/mol. The number of rotatable bonds is 5. The van der Waals surface area contributed by atoms with Crippen LogP contribution >= 0.6 is 22.9 Å². The number of nitrogens with zero attached hydrogens (tertiary/aromatic N) is 2. The van der Waals surface area contributed by atoms with Gasteiger partial charge in [0.15, 0.2) is 0 Å². The number of carbonyl (C=O) groups excluding carboxylic acids is 1. The zero-order chi connectivity index (χ0) is 13.0. The van der Waals surface area contributed by atoms with E-state index in [2.05, 4.69) is 14.9 Å². The second kappa shape index (κ2) is 6.03. The van der Waals surface area contributed by atoms with E-state index >= 15 is 0 Å². The highest BCUT2D eigenvalue weighted by molar-refractivity contribution is 7.08. The smallest absolute Gasteiger partial charge is 0.265 e. The van der Waals surface area contributed by atoms with Crippen LogP contribution < -0.4 is 5.32 Å². The molecular weight excluding hydrogens is 270 g/mol. The van der Waals surface area contributed by atoms with Gasteiger partial charge in [-0.25, -0.2) is 0 Å². The fraction of sp³-hybridized carbons (Fsp3) is 0.364. The third-order valence-electron chi connectivity index (χ3n) is 2.51. The van der Waals surface area contributed by atoms with Crippen molar-refractivity contribution in [3.05, 3.63) is 33.0 Å². The Morgan fingerprint density at radius 2 is 2.44 bits per heavy atom. The molecule has 0 radical (unpaired) electrons. The predicted molar refractivity (Wildman–Crippen MR) is 71.0 cm³/mol. The van der Waals surface area contributed by atoms with Crippen molar-refractivity contribution in [2.45, 2.75) is 13.0 Å². The van der Waals surface area contributed by atoms with E-state index in [0.29, 0.717) is 17.1 Å². The lowest BCUT2D eigenvalue weighted by molar-refractivity contribution is 0.0831. The number of methoxy groups -OCH3 is 1. The number of amides is 1. The van der Waals surface area contributed by atoms with Gasteiger partial charge in [-0.2, -0.15) is 11.3 Å². The molecule has 2 rings (SSSR count). The van der Waals surface area contributed by atoms with Gasteiger partial charge in [0.1, 0.15) is 11.0 Å². The summed E-state index contributed by atoms with van der Waals surface area (Å²) >= 11 is 2.71. The molecule has 96 valence electrons. The van der Waals surface area contributed by atoms with Gasteiger partial charge in [-0.1, -0.05) is 4.49 Å². The fourth-order valence-electron chi connectivity index (χ4n) is 1.50. The molecule has 0 aliphatic carbocycles. The van der Waals surface area contributed by atoms with Gasteiger partial charge < -0.3 is 10.1 Å². The average Bonchev–Trinajstić information content (AvgIpc) is 3.01. The molecule has 0 aromatic carbocycles. The highest BCUT2D eigenvalue weighted by atomic mass is 32.1. The lowest BCUT2D eigenvalue weighted by Crippen LogP contribution is -2.28. The number of aromatic nitrogens is 2. The molecule has 1 atom stereocenters.